The SMILES string of the molecule is CN=C(NCCc1cn2ccccc2n1)N1CCN(Cc2ccon2)CC1.I. The Balaban J connectivity index is 0.00000225. The van der Waals surface area contributed by atoms with Gasteiger partial charge >= 0.3 is 0 Å². The molecule has 0 aromatic carbocycles. The fourth-order valence-corrected chi connectivity index (χ4v) is 3.41. The van der Waals surface area contributed by atoms with Crippen LogP contribution >= 0.6 is 24.0 Å². The standard InChI is InChI=1S/C19H25N7O.HI/c1-20-19(21-7-5-16-15-26-8-3-2-4-18(26)22-16)25-11-9-24(10-12-25)14-17-6-13-27-23-17;/h2-4,6,8,13,15H,5,7,9-12,14H2,1H3,(H,20,21);1H. The molecule has 4 heterocycles. The van der Waals surface area contributed by atoms with Crippen molar-refractivity contribution in [3.63, 3.8) is 0 Å². The van der Waals surface area contributed by atoms with E-state index in [0.29, 0.717) is 0 Å². The van der Waals surface area contributed by atoms with Crippen molar-refractivity contribution in [2.75, 3.05) is 39.8 Å². The van der Waals surface area contributed by atoms with E-state index in [4.69, 9.17) is 4.52 Å². The highest BCUT2D eigenvalue weighted by Gasteiger charge is 2.20. The van der Waals surface area contributed by atoms with Crippen molar-refractivity contribution < 1.29 is 4.52 Å². The maximum absolute atomic E-state index is 4.91. The number of guanidine groups is 1. The van der Waals surface area contributed by atoms with Gasteiger partial charge in [-0.3, -0.25) is 9.89 Å². The maximum Gasteiger partial charge on any atom is 0.193 e. The highest BCUT2D eigenvalue weighted by Crippen LogP contribution is 2.08. The predicted octanol–water partition coefficient (Wildman–Crippen LogP) is 1.88. The minimum atomic E-state index is 0. The summed E-state index contributed by atoms with van der Waals surface area (Å²) in [4.78, 5) is 13.8. The molecule has 4 rings (SSSR count). The van der Waals surface area contributed by atoms with E-state index in [-0.39, 0.29) is 24.0 Å². The lowest BCUT2D eigenvalue weighted by Gasteiger charge is -2.36. The smallest absolute Gasteiger partial charge is 0.193 e. The highest BCUT2D eigenvalue weighted by molar-refractivity contribution is 14.0. The van der Waals surface area contributed by atoms with Gasteiger partial charge < -0.3 is 19.1 Å². The number of aliphatic imine (C=N–C) groups is 1. The number of imidazole rings is 1. The second-order valence-electron chi connectivity index (χ2n) is 6.68. The Labute approximate surface area is 181 Å². The molecule has 1 fully saturated rings. The number of fused-ring (bicyclic) bond motifs is 1. The number of hydrogen-bond acceptors (Lipinski definition) is 5. The molecule has 0 unspecified atom stereocenters. The molecule has 1 aliphatic heterocycles. The van der Waals surface area contributed by atoms with Gasteiger partial charge in [-0.1, -0.05) is 11.2 Å². The highest BCUT2D eigenvalue weighted by atomic mass is 127. The molecule has 9 heteroatoms. The maximum atomic E-state index is 4.91. The summed E-state index contributed by atoms with van der Waals surface area (Å²) in [5.41, 5.74) is 3.06. The van der Waals surface area contributed by atoms with Gasteiger partial charge in [-0.25, -0.2) is 4.98 Å². The Morgan fingerprint density at radius 2 is 2.04 bits per heavy atom. The zero-order valence-corrected chi connectivity index (χ0v) is 18.3. The third kappa shape index (κ3) is 5.02. The van der Waals surface area contributed by atoms with Gasteiger partial charge in [-0.2, -0.15) is 0 Å². The first-order chi connectivity index (χ1) is 13.3. The van der Waals surface area contributed by atoms with E-state index in [9.17, 15) is 0 Å². The van der Waals surface area contributed by atoms with Gasteiger partial charge in [0.15, 0.2) is 5.96 Å². The first-order valence-electron chi connectivity index (χ1n) is 9.31. The molecule has 1 aliphatic rings. The van der Waals surface area contributed by atoms with Crippen LogP contribution in [-0.2, 0) is 13.0 Å². The van der Waals surface area contributed by atoms with Crippen LogP contribution in [0.5, 0.6) is 0 Å². The monoisotopic (exact) mass is 495 g/mol. The van der Waals surface area contributed by atoms with E-state index in [0.717, 1.165) is 68.7 Å². The molecule has 8 nitrogen and oxygen atoms in total. The number of hydrogen-bond donors (Lipinski definition) is 1. The summed E-state index contributed by atoms with van der Waals surface area (Å²) in [7, 11) is 1.84. The first-order valence-corrected chi connectivity index (χ1v) is 9.31. The molecule has 0 spiro atoms. The van der Waals surface area contributed by atoms with Crippen LogP contribution in [0.15, 0.2) is 52.4 Å². The van der Waals surface area contributed by atoms with E-state index in [1.165, 1.54) is 0 Å². The second kappa shape index (κ2) is 9.87. The lowest BCUT2D eigenvalue weighted by molar-refractivity contribution is 0.169. The van der Waals surface area contributed by atoms with Crippen LogP contribution in [0.25, 0.3) is 5.65 Å². The fourth-order valence-electron chi connectivity index (χ4n) is 3.41. The Bertz CT molecular complexity index is 852. The largest absolute Gasteiger partial charge is 0.364 e. The Morgan fingerprint density at radius 3 is 2.75 bits per heavy atom. The molecule has 28 heavy (non-hydrogen) atoms. The molecule has 3 aromatic heterocycles. The van der Waals surface area contributed by atoms with Gasteiger partial charge in [0.2, 0.25) is 0 Å². The quantitative estimate of drug-likeness (QED) is 0.331. The number of rotatable bonds is 5. The Hall–Kier alpha value is -2.14. The summed E-state index contributed by atoms with van der Waals surface area (Å²) in [6, 6.07) is 7.97. The molecule has 3 aromatic rings. The topological polar surface area (TPSA) is 74.2 Å². The van der Waals surface area contributed by atoms with Crippen LogP contribution in [0, 0.1) is 0 Å². The van der Waals surface area contributed by atoms with E-state index in [2.05, 4.69) is 40.8 Å². The van der Waals surface area contributed by atoms with E-state index >= 15 is 0 Å². The van der Waals surface area contributed by atoms with Crippen molar-refractivity contribution in [2.45, 2.75) is 13.0 Å². The number of nitrogens with one attached hydrogen (secondary N) is 1. The molecule has 0 aliphatic carbocycles. The normalized spacial score (nSPS) is 15.6. The molecule has 0 saturated carbocycles. The van der Waals surface area contributed by atoms with Crippen LogP contribution in [0.2, 0.25) is 0 Å². The summed E-state index contributed by atoms with van der Waals surface area (Å²) >= 11 is 0. The van der Waals surface area contributed by atoms with Crippen LogP contribution in [0.3, 0.4) is 0 Å². The average molecular weight is 495 g/mol. The van der Waals surface area contributed by atoms with Crippen molar-refractivity contribution in [2.24, 2.45) is 4.99 Å². The summed E-state index contributed by atoms with van der Waals surface area (Å²) < 4.78 is 6.96. The van der Waals surface area contributed by atoms with Crippen molar-refractivity contribution in [3.8, 4) is 0 Å². The van der Waals surface area contributed by atoms with E-state index in [1.54, 1.807) is 6.26 Å². The van der Waals surface area contributed by atoms with E-state index in [1.807, 2.05) is 37.5 Å². The zero-order valence-electron chi connectivity index (χ0n) is 16.0. The lowest BCUT2D eigenvalue weighted by atomic mass is 10.3. The molecule has 0 radical (unpaired) electrons. The van der Waals surface area contributed by atoms with Crippen LogP contribution in [0.4, 0.5) is 0 Å². The predicted molar refractivity (Wildman–Crippen MR) is 119 cm³/mol. The molecule has 150 valence electrons. The van der Waals surface area contributed by atoms with Crippen LogP contribution in [0.1, 0.15) is 11.4 Å². The number of nitrogens with zero attached hydrogens (tertiary/aromatic N) is 6. The summed E-state index contributed by atoms with van der Waals surface area (Å²) in [5, 5.41) is 7.46. The fraction of sp³-hybridized carbons (Fsp3) is 0.421. The van der Waals surface area contributed by atoms with Gasteiger partial charge in [0.1, 0.15) is 11.9 Å². The number of aromatic nitrogens is 3. The van der Waals surface area contributed by atoms with Crippen LogP contribution < -0.4 is 5.32 Å². The Morgan fingerprint density at radius 1 is 1.18 bits per heavy atom. The summed E-state index contributed by atoms with van der Waals surface area (Å²) in [5.74, 6) is 0.958. The molecule has 1 N–H and O–H groups in total. The molecular weight excluding hydrogens is 469 g/mol. The minimum absolute atomic E-state index is 0. The van der Waals surface area contributed by atoms with E-state index < -0.39 is 0 Å². The molecule has 1 saturated heterocycles. The average Bonchev–Trinajstić information content (AvgIpc) is 3.35. The van der Waals surface area contributed by atoms with Crippen molar-refractivity contribution in [1.29, 1.82) is 0 Å². The minimum Gasteiger partial charge on any atom is -0.364 e. The van der Waals surface area contributed by atoms with Crippen LogP contribution in [-0.4, -0.2) is 70.1 Å². The van der Waals surface area contributed by atoms with Gasteiger partial charge in [0.05, 0.1) is 11.4 Å². The first kappa shape index (κ1) is 20.6. The van der Waals surface area contributed by atoms with Crippen molar-refractivity contribution >= 4 is 35.6 Å². The zero-order chi connectivity index (χ0) is 18.5. The van der Waals surface area contributed by atoms with Gasteiger partial charge in [-0.05, 0) is 12.1 Å². The molecule has 0 bridgehead atoms. The van der Waals surface area contributed by atoms with Crippen molar-refractivity contribution in [1.82, 2.24) is 29.7 Å². The lowest BCUT2D eigenvalue weighted by Crippen LogP contribution is -2.52. The molecular formula is C19H26IN7O. The number of piperazine rings is 1. The van der Waals surface area contributed by atoms with Gasteiger partial charge in [0, 0.05) is 71.2 Å². The molecule has 0 amide bonds. The van der Waals surface area contributed by atoms with Crippen molar-refractivity contribution in [3.05, 3.63) is 54.3 Å². The third-order valence-corrected chi connectivity index (χ3v) is 4.84. The van der Waals surface area contributed by atoms with Gasteiger partial charge in [0.25, 0.3) is 0 Å². The second-order valence-corrected chi connectivity index (χ2v) is 6.68. The van der Waals surface area contributed by atoms with Gasteiger partial charge in [-0.15, -0.1) is 24.0 Å². The Kier molecular flexibility index (Phi) is 7.26. The third-order valence-electron chi connectivity index (χ3n) is 4.84. The molecule has 0 atom stereocenters. The number of pyridine rings is 1. The number of halogens is 1. The summed E-state index contributed by atoms with van der Waals surface area (Å²) in [6.07, 6.45) is 6.60. The summed E-state index contributed by atoms with van der Waals surface area (Å²) in [6.45, 7) is 5.53.